The van der Waals surface area contributed by atoms with E-state index in [2.05, 4.69) is 37.9 Å². The first-order chi connectivity index (χ1) is 11.7. The number of aryl methyl sites for hydroxylation is 1. The van der Waals surface area contributed by atoms with Gasteiger partial charge in [-0.3, -0.25) is 4.90 Å². The molecule has 1 aliphatic heterocycles. The molecule has 24 heavy (non-hydrogen) atoms. The van der Waals surface area contributed by atoms with Crippen molar-refractivity contribution in [2.75, 3.05) is 37.3 Å². The van der Waals surface area contributed by atoms with E-state index in [9.17, 15) is 0 Å². The average Bonchev–Trinajstić information content (AvgIpc) is 3.36. The molecule has 4 rings (SSSR count). The summed E-state index contributed by atoms with van der Waals surface area (Å²) in [6.07, 6.45) is 6.45. The van der Waals surface area contributed by atoms with Gasteiger partial charge in [-0.25, -0.2) is 9.97 Å². The number of aromatic nitrogens is 3. The minimum atomic E-state index is 0.634. The fourth-order valence-electron chi connectivity index (χ4n) is 3.15. The van der Waals surface area contributed by atoms with E-state index in [4.69, 9.17) is 4.52 Å². The summed E-state index contributed by atoms with van der Waals surface area (Å²) in [4.78, 5) is 13.8. The Labute approximate surface area is 146 Å². The van der Waals surface area contributed by atoms with Crippen molar-refractivity contribution < 1.29 is 4.52 Å². The topological polar surface area (TPSA) is 58.3 Å². The molecule has 3 heterocycles. The molecule has 2 fully saturated rings. The number of thioether (sulfide) groups is 1. The lowest BCUT2D eigenvalue weighted by molar-refractivity contribution is 0.241. The third kappa shape index (κ3) is 3.42. The Morgan fingerprint density at radius 3 is 2.75 bits per heavy atom. The molecule has 0 spiro atoms. The lowest BCUT2D eigenvalue weighted by atomic mass is 10.2. The summed E-state index contributed by atoms with van der Waals surface area (Å²) in [6.45, 7) is 6.97. The van der Waals surface area contributed by atoms with Crippen LogP contribution >= 0.6 is 11.8 Å². The van der Waals surface area contributed by atoms with Gasteiger partial charge >= 0.3 is 0 Å². The van der Waals surface area contributed by atoms with Crippen molar-refractivity contribution in [3.63, 3.8) is 0 Å². The first-order valence-electron chi connectivity index (χ1n) is 8.53. The van der Waals surface area contributed by atoms with Crippen LogP contribution in [0.4, 0.5) is 5.82 Å². The van der Waals surface area contributed by atoms with Crippen molar-refractivity contribution in [3.05, 3.63) is 29.3 Å². The van der Waals surface area contributed by atoms with Crippen molar-refractivity contribution in [2.24, 2.45) is 0 Å². The molecule has 2 aromatic rings. The molecule has 1 aliphatic carbocycles. The Hall–Kier alpha value is -1.60. The molecule has 128 valence electrons. The van der Waals surface area contributed by atoms with Gasteiger partial charge in [-0.1, -0.05) is 16.9 Å². The Balaban J connectivity index is 1.36. The normalized spacial score (nSPS) is 19.0. The van der Waals surface area contributed by atoms with Crippen LogP contribution in [0.5, 0.6) is 0 Å². The summed E-state index contributed by atoms with van der Waals surface area (Å²) in [6, 6.07) is 2.14. The maximum Gasteiger partial charge on any atom is 0.189 e. The maximum absolute atomic E-state index is 5.46. The fourth-order valence-corrected chi connectivity index (χ4v) is 3.48. The molecule has 0 bridgehead atoms. The predicted octanol–water partition coefficient (Wildman–Crippen LogP) is 2.69. The van der Waals surface area contributed by atoms with Crippen LogP contribution < -0.4 is 4.90 Å². The Kier molecular flexibility index (Phi) is 4.45. The van der Waals surface area contributed by atoms with Gasteiger partial charge in [0.25, 0.3) is 0 Å². The zero-order valence-corrected chi connectivity index (χ0v) is 15.1. The van der Waals surface area contributed by atoms with Gasteiger partial charge in [0.05, 0.1) is 5.69 Å². The fraction of sp³-hybridized carbons (Fsp3) is 0.588. The van der Waals surface area contributed by atoms with E-state index < -0.39 is 0 Å². The summed E-state index contributed by atoms with van der Waals surface area (Å²) in [5.74, 6) is 2.78. The second kappa shape index (κ2) is 6.72. The van der Waals surface area contributed by atoms with Gasteiger partial charge in [0, 0.05) is 56.5 Å². The maximum atomic E-state index is 5.46. The Bertz CT molecular complexity index is 707. The summed E-state index contributed by atoms with van der Waals surface area (Å²) >= 11 is 1.59. The van der Waals surface area contributed by atoms with Crippen LogP contribution in [0.3, 0.4) is 0 Å². The van der Waals surface area contributed by atoms with E-state index in [0.717, 1.165) is 60.7 Å². The van der Waals surface area contributed by atoms with Gasteiger partial charge in [-0.05, 0) is 26.0 Å². The van der Waals surface area contributed by atoms with Crippen LogP contribution in [-0.2, 0) is 6.54 Å². The standard InChI is InChI=1S/C17H23N5OS/c1-12-10-18-17(24-2)19-16(12)22-7-5-21(6-8-22)11-14-9-15(23-20-14)13-3-4-13/h9-10,13H,3-8,11H2,1-2H3. The molecule has 6 nitrogen and oxygen atoms in total. The highest BCUT2D eigenvalue weighted by Crippen LogP contribution is 2.40. The monoisotopic (exact) mass is 345 g/mol. The number of rotatable bonds is 5. The van der Waals surface area contributed by atoms with Crippen molar-refractivity contribution >= 4 is 17.6 Å². The van der Waals surface area contributed by atoms with E-state index in [1.165, 1.54) is 12.8 Å². The number of hydrogen-bond acceptors (Lipinski definition) is 7. The van der Waals surface area contributed by atoms with Crippen LogP contribution in [0, 0.1) is 6.92 Å². The number of anilines is 1. The molecule has 7 heteroatoms. The van der Waals surface area contributed by atoms with Crippen LogP contribution in [0.1, 0.15) is 35.8 Å². The van der Waals surface area contributed by atoms with Gasteiger partial charge in [0.2, 0.25) is 0 Å². The van der Waals surface area contributed by atoms with E-state index in [-0.39, 0.29) is 0 Å². The van der Waals surface area contributed by atoms with E-state index in [1.807, 2.05) is 12.5 Å². The SMILES string of the molecule is CSc1ncc(C)c(N2CCN(Cc3cc(C4CC4)on3)CC2)n1. The van der Waals surface area contributed by atoms with Gasteiger partial charge in [0.1, 0.15) is 11.6 Å². The average molecular weight is 345 g/mol. The highest BCUT2D eigenvalue weighted by molar-refractivity contribution is 7.98. The number of hydrogen-bond donors (Lipinski definition) is 0. The molecular weight excluding hydrogens is 322 g/mol. The second-order valence-electron chi connectivity index (χ2n) is 6.62. The molecule has 0 amide bonds. The molecule has 1 saturated carbocycles. The molecule has 1 saturated heterocycles. The lowest BCUT2D eigenvalue weighted by Crippen LogP contribution is -2.46. The third-order valence-corrected chi connectivity index (χ3v) is 5.28. The molecule has 0 unspecified atom stereocenters. The molecule has 0 N–H and O–H groups in total. The van der Waals surface area contributed by atoms with E-state index >= 15 is 0 Å². The highest BCUT2D eigenvalue weighted by Gasteiger charge is 2.28. The van der Waals surface area contributed by atoms with Crippen LogP contribution in [0.2, 0.25) is 0 Å². The Morgan fingerprint density at radius 1 is 1.25 bits per heavy atom. The largest absolute Gasteiger partial charge is 0.361 e. The van der Waals surface area contributed by atoms with Crippen LogP contribution in [-0.4, -0.2) is 52.5 Å². The number of nitrogens with zero attached hydrogens (tertiary/aromatic N) is 5. The van der Waals surface area contributed by atoms with Gasteiger partial charge in [0.15, 0.2) is 5.16 Å². The van der Waals surface area contributed by atoms with Gasteiger partial charge in [-0.2, -0.15) is 0 Å². The first-order valence-corrected chi connectivity index (χ1v) is 9.76. The minimum Gasteiger partial charge on any atom is -0.361 e. The lowest BCUT2D eigenvalue weighted by Gasteiger charge is -2.35. The zero-order valence-electron chi connectivity index (χ0n) is 14.2. The molecule has 0 radical (unpaired) electrons. The quantitative estimate of drug-likeness (QED) is 0.610. The van der Waals surface area contributed by atoms with Gasteiger partial charge in [-0.15, -0.1) is 0 Å². The summed E-state index contributed by atoms with van der Waals surface area (Å²) in [5, 5.41) is 5.07. The zero-order chi connectivity index (χ0) is 16.5. The molecule has 2 aromatic heterocycles. The summed E-state index contributed by atoms with van der Waals surface area (Å²) < 4.78 is 5.46. The molecule has 0 atom stereocenters. The summed E-state index contributed by atoms with van der Waals surface area (Å²) in [7, 11) is 0. The van der Waals surface area contributed by atoms with Crippen LogP contribution in [0.25, 0.3) is 0 Å². The first kappa shape index (κ1) is 15.9. The highest BCUT2D eigenvalue weighted by atomic mass is 32.2. The van der Waals surface area contributed by atoms with Crippen molar-refractivity contribution in [3.8, 4) is 0 Å². The predicted molar refractivity (Wildman–Crippen MR) is 94.5 cm³/mol. The van der Waals surface area contributed by atoms with Crippen LogP contribution in [0.15, 0.2) is 21.9 Å². The van der Waals surface area contributed by atoms with E-state index in [1.54, 1.807) is 11.8 Å². The van der Waals surface area contributed by atoms with Crippen molar-refractivity contribution in [1.29, 1.82) is 0 Å². The molecule has 2 aliphatic rings. The van der Waals surface area contributed by atoms with Gasteiger partial charge < -0.3 is 9.42 Å². The molecule has 0 aromatic carbocycles. The Morgan fingerprint density at radius 2 is 2.04 bits per heavy atom. The van der Waals surface area contributed by atoms with Crippen molar-refractivity contribution in [2.45, 2.75) is 37.4 Å². The second-order valence-corrected chi connectivity index (χ2v) is 7.39. The molecular formula is C17H23N5OS. The van der Waals surface area contributed by atoms with E-state index in [0.29, 0.717) is 5.92 Å². The van der Waals surface area contributed by atoms with Crippen molar-refractivity contribution in [1.82, 2.24) is 20.0 Å². The minimum absolute atomic E-state index is 0.634. The smallest absolute Gasteiger partial charge is 0.189 e. The number of piperazine rings is 1. The third-order valence-electron chi connectivity index (χ3n) is 4.72. The summed E-state index contributed by atoms with van der Waals surface area (Å²) in [5.41, 5.74) is 2.21.